The average molecular weight is 372 g/mol. The number of thioether (sulfide) groups is 1. The summed E-state index contributed by atoms with van der Waals surface area (Å²) in [7, 11) is 1.25. The predicted octanol–water partition coefficient (Wildman–Crippen LogP) is 3.29. The van der Waals surface area contributed by atoms with E-state index >= 15 is 0 Å². The van der Waals surface area contributed by atoms with Crippen LogP contribution in [-0.2, 0) is 19.1 Å². The molecule has 2 aliphatic rings. The molecule has 3 rings (SSSR count). The first-order valence-electron chi connectivity index (χ1n) is 8.59. The van der Waals surface area contributed by atoms with E-state index in [9.17, 15) is 14.4 Å². The zero-order chi connectivity index (χ0) is 18.5. The van der Waals surface area contributed by atoms with Crippen LogP contribution in [0.3, 0.4) is 0 Å². The van der Waals surface area contributed by atoms with Gasteiger partial charge in [-0.25, -0.2) is 4.79 Å². The van der Waals surface area contributed by atoms with E-state index in [0.29, 0.717) is 5.69 Å². The van der Waals surface area contributed by atoms with E-state index in [1.807, 2.05) is 6.07 Å². The zero-order valence-electron chi connectivity index (χ0n) is 14.5. The van der Waals surface area contributed by atoms with Gasteiger partial charge in [-0.2, -0.15) is 4.99 Å². The molecule has 1 aliphatic carbocycles. The molecule has 2 fully saturated rings. The fourth-order valence-corrected chi connectivity index (χ4v) is 4.00. The fourth-order valence-electron chi connectivity index (χ4n) is 3.05. The van der Waals surface area contributed by atoms with Gasteiger partial charge in [0, 0.05) is 12.0 Å². The third-order valence-corrected chi connectivity index (χ3v) is 5.40. The highest BCUT2D eigenvalue weighted by Gasteiger charge is 2.36. The van der Waals surface area contributed by atoms with Crippen molar-refractivity contribution in [1.82, 2.24) is 0 Å². The van der Waals surface area contributed by atoms with Crippen molar-refractivity contribution in [3.63, 3.8) is 0 Å². The van der Waals surface area contributed by atoms with Gasteiger partial charge in [-0.3, -0.25) is 14.5 Å². The van der Waals surface area contributed by atoms with Gasteiger partial charge in [0.1, 0.15) is 0 Å². The van der Waals surface area contributed by atoms with Crippen LogP contribution in [0, 0.1) is 5.92 Å². The quantitative estimate of drug-likeness (QED) is 0.601. The molecule has 0 aromatic heterocycles. The van der Waals surface area contributed by atoms with E-state index in [4.69, 9.17) is 0 Å². The maximum atomic E-state index is 12.8. The maximum absolute atomic E-state index is 12.8. The van der Waals surface area contributed by atoms with Crippen LogP contribution in [0.1, 0.15) is 32.1 Å². The Hall–Kier alpha value is -2.41. The van der Waals surface area contributed by atoms with Crippen LogP contribution < -0.4 is 4.90 Å². The van der Waals surface area contributed by atoms with Gasteiger partial charge in [0.15, 0.2) is 5.17 Å². The number of hydrogen-bond acceptors (Lipinski definition) is 5. The van der Waals surface area contributed by atoms with E-state index in [-0.39, 0.29) is 27.8 Å². The molecule has 1 heterocycles. The Morgan fingerprint density at radius 2 is 1.88 bits per heavy atom. The van der Waals surface area contributed by atoms with Crippen molar-refractivity contribution < 1.29 is 19.1 Å². The molecule has 6 nitrogen and oxygen atoms in total. The summed E-state index contributed by atoms with van der Waals surface area (Å²) in [5.41, 5.74) is 0.605. The van der Waals surface area contributed by atoms with Gasteiger partial charge in [0.2, 0.25) is 0 Å². The summed E-state index contributed by atoms with van der Waals surface area (Å²) in [6.45, 7) is 0. The Kier molecular flexibility index (Phi) is 5.88. The molecule has 26 heavy (non-hydrogen) atoms. The Labute approximate surface area is 156 Å². The number of ether oxygens (including phenoxy) is 1. The van der Waals surface area contributed by atoms with Crippen LogP contribution in [0.2, 0.25) is 0 Å². The van der Waals surface area contributed by atoms with Gasteiger partial charge in [0.05, 0.1) is 17.7 Å². The fraction of sp³-hybridized carbons (Fsp3) is 0.368. The maximum Gasteiger partial charge on any atom is 0.331 e. The number of nitrogens with zero attached hydrogens (tertiary/aromatic N) is 2. The van der Waals surface area contributed by atoms with Crippen molar-refractivity contribution in [2.75, 3.05) is 12.0 Å². The first-order valence-corrected chi connectivity index (χ1v) is 9.41. The minimum absolute atomic E-state index is 0.0850. The lowest BCUT2D eigenvalue weighted by atomic mass is 9.89. The summed E-state index contributed by atoms with van der Waals surface area (Å²) in [4.78, 5) is 42.7. The summed E-state index contributed by atoms with van der Waals surface area (Å²) >= 11 is 1.02. The summed E-state index contributed by atoms with van der Waals surface area (Å²) in [5, 5.41) is 0.284. The Bertz CT molecular complexity index is 767. The van der Waals surface area contributed by atoms with Gasteiger partial charge in [-0.1, -0.05) is 37.5 Å². The minimum Gasteiger partial charge on any atom is -0.466 e. The van der Waals surface area contributed by atoms with Gasteiger partial charge in [-0.05, 0) is 36.7 Å². The number of aliphatic imine (C=N–C) groups is 1. The van der Waals surface area contributed by atoms with Crippen molar-refractivity contribution in [3.05, 3.63) is 41.3 Å². The van der Waals surface area contributed by atoms with Gasteiger partial charge in [0.25, 0.3) is 11.8 Å². The molecule has 0 radical (unpaired) electrons. The SMILES string of the molecule is COC(=O)C=C1SC(=NC(=O)C2CCCCC2)N(c2ccccc2)C1=O. The molecule has 0 N–H and O–H groups in total. The molecule has 1 saturated heterocycles. The molecule has 1 aromatic rings. The number of amides is 2. The van der Waals surface area contributed by atoms with E-state index in [0.717, 1.165) is 49.9 Å². The molecule has 0 atom stereocenters. The number of esters is 1. The number of benzene rings is 1. The van der Waals surface area contributed by atoms with Gasteiger partial charge in [-0.15, -0.1) is 0 Å². The van der Waals surface area contributed by atoms with E-state index in [1.165, 1.54) is 12.0 Å². The van der Waals surface area contributed by atoms with Crippen molar-refractivity contribution >= 4 is 40.4 Å². The Morgan fingerprint density at radius 3 is 2.54 bits per heavy atom. The molecule has 0 bridgehead atoms. The molecule has 2 amide bonds. The van der Waals surface area contributed by atoms with E-state index in [2.05, 4.69) is 9.73 Å². The average Bonchev–Trinajstić information content (AvgIpc) is 2.97. The zero-order valence-corrected chi connectivity index (χ0v) is 15.3. The number of para-hydroxylation sites is 1. The summed E-state index contributed by atoms with van der Waals surface area (Å²) in [5.74, 6) is -1.28. The molecule has 1 aliphatic heterocycles. The lowest BCUT2D eigenvalue weighted by molar-refractivity contribution is -0.135. The topological polar surface area (TPSA) is 76.0 Å². The van der Waals surface area contributed by atoms with E-state index < -0.39 is 5.97 Å². The monoisotopic (exact) mass is 372 g/mol. The molecule has 0 unspecified atom stereocenters. The number of carbonyl (C=O) groups is 3. The second-order valence-electron chi connectivity index (χ2n) is 6.18. The number of anilines is 1. The molecule has 7 heteroatoms. The molecule has 0 spiro atoms. The number of carbonyl (C=O) groups excluding carboxylic acids is 3. The second-order valence-corrected chi connectivity index (χ2v) is 7.19. The predicted molar refractivity (Wildman–Crippen MR) is 101 cm³/mol. The largest absolute Gasteiger partial charge is 0.466 e. The smallest absolute Gasteiger partial charge is 0.331 e. The van der Waals surface area contributed by atoms with Crippen molar-refractivity contribution in [3.8, 4) is 0 Å². The van der Waals surface area contributed by atoms with Crippen LogP contribution in [0.5, 0.6) is 0 Å². The Balaban J connectivity index is 1.93. The van der Waals surface area contributed by atoms with Gasteiger partial charge >= 0.3 is 5.97 Å². The van der Waals surface area contributed by atoms with Crippen molar-refractivity contribution in [1.29, 1.82) is 0 Å². The highest BCUT2D eigenvalue weighted by Crippen LogP contribution is 2.35. The lowest BCUT2D eigenvalue weighted by Gasteiger charge is -2.19. The number of hydrogen-bond donors (Lipinski definition) is 0. The summed E-state index contributed by atoms with van der Waals surface area (Å²) < 4.78 is 4.61. The first-order chi connectivity index (χ1) is 12.6. The van der Waals surface area contributed by atoms with E-state index in [1.54, 1.807) is 24.3 Å². The van der Waals surface area contributed by atoms with Crippen LogP contribution in [0.4, 0.5) is 5.69 Å². The van der Waals surface area contributed by atoms with Crippen molar-refractivity contribution in [2.45, 2.75) is 32.1 Å². The summed E-state index contributed by atoms with van der Waals surface area (Å²) in [6, 6.07) is 8.97. The second kappa shape index (κ2) is 8.31. The number of rotatable bonds is 3. The van der Waals surface area contributed by atoms with Crippen LogP contribution in [0.25, 0.3) is 0 Å². The molecule has 1 saturated carbocycles. The van der Waals surface area contributed by atoms with Crippen molar-refractivity contribution in [2.24, 2.45) is 10.9 Å². The van der Waals surface area contributed by atoms with Gasteiger partial charge < -0.3 is 4.74 Å². The number of amidine groups is 1. The Morgan fingerprint density at radius 1 is 1.19 bits per heavy atom. The summed E-state index contributed by atoms with van der Waals surface area (Å²) in [6.07, 6.45) is 6.02. The highest BCUT2D eigenvalue weighted by molar-refractivity contribution is 8.19. The third-order valence-electron chi connectivity index (χ3n) is 4.43. The minimum atomic E-state index is -0.617. The van der Waals surface area contributed by atoms with Crippen LogP contribution in [-0.4, -0.2) is 30.1 Å². The molecular weight excluding hydrogens is 352 g/mol. The molecule has 136 valence electrons. The highest BCUT2D eigenvalue weighted by atomic mass is 32.2. The standard InChI is InChI=1S/C19H20N2O4S/c1-25-16(22)12-15-18(24)21(14-10-6-3-7-11-14)19(26-15)20-17(23)13-8-4-2-5-9-13/h3,6-7,10-13H,2,4-5,8-9H2,1H3. The normalized spacial score (nSPS) is 21.4. The lowest BCUT2D eigenvalue weighted by Crippen LogP contribution is -2.30. The molecular formula is C19H20N2O4S. The van der Waals surface area contributed by atoms with Crippen LogP contribution >= 0.6 is 11.8 Å². The number of methoxy groups -OCH3 is 1. The molecule has 1 aromatic carbocycles. The third kappa shape index (κ3) is 4.04. The first kappa shape index (κ1) is 18.4. The van der Waals surface area contributed by atoms with Crippen LogP contribution in [0.15, 0.2) is 46.3 Å².